The van der Waals surface area contributed by atoms with Gasteiger partial charge in [-0.25, -0.2) is 9.18 Å². The fourth-order valence-electron chi connectivity index (χ4n) is 2.16. The van der Waals surface area contributed by atoms with Gasteiger partial charge in [0, 0.05) is 18.2 Å². The lowest BCUT2D eigenvalue weighted by molar-refractivity contribution is -0.0236. The molecule has 5 nitrogen and oxygen atoms in total. The van der Waals surface area contributed by atoms with Crippen molar-refractivity contribution in [2.75, 3.05) is 0 Å². The molecule has 1 aliphatic rings. The third kappa shape index (κ3) is 2.04. The molecule has 17 heavy (non-hydrogen) atoms. The maximum atomic E-state index is 14.0. The van der Waals surface area contributed by atoms with E-state index in [1.165, 1.54) is 12.3 Å². The van der Waals surface area contributed by atoms with E-state index in [1.54, 1.807) is 6.92 Å². The predicted molar refractivity (Wildman–Crippen MR) is 59.6 cm³/mol. The third-order valence-corrected chi connectivity index (χ3v) is 3.20. The highest BCUT2D eigenvalue weighted by atomic mass is 19.1. The molecule has 1 aliphatic heterocycles. The normalized spacial score (nSPS) is 32.9. The van der Waals surface area contributed by atoms with Crippen molar-refractivity contribution >= 4 is 0 Å². The van der Waals surface area contributed by atoms with Crippen LogP contribution in [-0.2, 0) is 4.74 Å². The Labute approximate surface area is 97.2 Å². The minimum Gasteiger partial charge on any atom is -0.351 e. The van der Waals surface area contributed by atoms with Crippen molar-refractivity contribution in [1.29, 1.82) is 0 Å². The maximum absolute atomic E-state index is 14.0. The lowest BCUT2D eigenvalue weighted by Crippen LogP contribution is -2.34. The number of ether oxygens (including phenoxy) is 1. The number of nitrogens with one attached hydrogen (secondary N) is 1. The van der Waals surface area contributed by atoms with E-state index in [-0.39, 0.29) is 12.0 Å². The molecule has 2 heterocycles. The molecule has 1 aromatic rings. The van der Waals surface area contributed by atoms with Crippen LogP contribution in [0.5, 0.6) is 0 Å². The second kappa shape index (κ2) is 4.44. The lowest BCUT2D eigenvalue weighted by atomic mass is 10.00. The van der Waals surface area contributed by atoms with Gasteiger partial charge in [0.05, 0.1) is 6.10 Å². The Hall–Kier alpha value is -1.43. The molecule has 1 aromatic heterocycles. The molecule has 0 bridgehead atoms. The summed E-state index contributed by atoms with van der Waals surface area (Å²) in [6.07, 6.45) is -0.434. The fourth-order valence-corrected chi connectivity index (χ4v) is 2.16. The Morgan fingerprint density at radius 3 is 2.76 bits per heavy atom. The molecule has 0 radical (unpaired) electrons. The molecule has 0 aliphatic carbocycles. The summed E-state index contributed by atoms with van der Waals surface area (Å²) >= 11 is 0. The molecule has 0 spiro atoms. The summed E-state index contributed by atoms with van der Waals surface area (Å²) in [5.41, 5.74) is -1.14. The average molecular weight is 242 g/mol. The van der Waals surface area contributed by atoms with Gasteiger partial charge in [0.2, 0.25) is 0 Å². The largest absolute Gasteiger partial charge is 0.351 e. The molecule has 1 fully saturated rings. The Bertz CT molecular complexity index is 510. The number of hydrogen-bond donors (Lipinski definition) is 1. The first kappa shape index (κ1) is 12.0. The second-order valence-corrected chi connectivity index (χ2v) is 4.29. The van der Waals surface area contributed by atoms with E-state index in [0.717, 1.165) is 4.57 Å². The van der Waals surface area contributed by atoms with Crippen molar-refractivity contribution in [3.8, 4) is 0 Å². The standard InChI is InChI=1S/C11H15FN2O3/c1-3-7-6(2)9(12)10(17-7)14-5-4-8(15)13-11(14)16/h4-7,9-10H,3H2,1-2H3,(H,13,15,16)/t6-,7+,9+,10+/m0/s1. The van der Waals surface area contributed by atoms with Gasteiger partial charge in [0.15, 0.2) is 12.4 Å². The van der Waals surface area contributed by atoms with Crippen LogP contribution in [0.3, 0.4) is 0 Å². The summed E-state index contributed by atoms with van der Waals surface area (Å²) in [4.78, 5) is 24.5. The first-order valence-corrected chi connectivity index (χ1v) is 5.65. The van der Waals surface area contributed by atoms with Gasteiger partial charge in [0.25, 0.3) is 5.56 Å². The zero-order chi connectivity index (χ0) is 12.6. The molecular formula is C11H15FN2O3. The van der Waals surface area contributed by atoms with E-state index in [1.807, 2.05) is 6.92 Å². The number of nitrogens with zero attached hydrogens (tertiary/aromatic N) is 1. The van der Waals surface area contributed by atoms with Gasteiger partial charge >= 0.3 is 5.69 Å². The lowest BCUT2D eigenvalue weighted by Gasteiger charge is -2.15. The predicted octanol–water partition coefficient (Wildman–Crippen LogP) is 0.818. The molecule has 94 valence electrons. The first-order valence-electron chi connectivity index (χ1n) is 5.65. The zero-order valence-electron chi connectivity index (χ0n) is 9.72. The highest BCUT2D eigenvalue weighted by molar-refractivity contribution is 4.91. The van der Waals surface area contributed by atoms with Crippen LogP contribution in [0.1, 0.15) is 26.5 Å². The summed E-state index contributed by atoms with van der Waals surface area (Å²) in [6, 6.07) is 1.18. The van der Waals surface area contributed by atoms with Crippen LogP contribution in [0.15, 0.2) is 21.9 Å². The van der Waals surface area contributed by atoms with Gasteiger partial charge < -0.3 is 4.74 Å². The highest BCUT2D eigenvalue weighted by Crippen LogP contribution is 2.36. The van der Waals surface area contributed by atoms with Gasteiger partial charge in [0.1, 0.15) is 0 Å². The quantitative estimate of drug-likeness (QED) is 0.835. The molecular weight excluding hydrogens is 227 g/mol. The summed E-state index contributed by atoms with van der Waals surface area (Å²) < 4.78 is 20.6. The number of halogens is 1. The number of H-pyrrole nitrogens is 1. The second-order valence-electron chi connectivity index (χ2n) is 4.29. The minimum absolute atomic E-state index is 0.200. The van der Waals surface area contributed by atoms with Gasteiger partial charge in [-0.3, -0.25) is 14.3 Å². The maximum Gasteiger partial charge on any atom is 0.330 e. The molecule has 4 atom stereocenters. The van der Waals surface area contributed by atoms with Crippen LogP contribution in [0.2, 0.25) is 0 Å². The van der Waals surface area contributed by atoms with Crippen molar-refractivity contribution < 1.29 is 9.13 Å². The molecule has 0 unspecified atom stereocenters. The van der Waals surface area contributed by atoms with Crippen LogP contribution in [0.4, 0.5) is 4.39 Å². The van der Waals surface area contributed by atoms with Crippen molar-refractivity contribution in [3.05, 3.63) is 33.1 Å². The van der Waals surface area contributed by atoms with Gasteiger partial charge in [-0.05, 0) is 6.42 Å². The van der Waals surface area contributed by atoms with Gasteiger partial charge in [-0.1, -0.05) is 13.8 Å². The Morgan fingerprint density at radius 2 is 2.24 bits per heavy atom. The minimum atomic E-state index is -1.25. The summed E-state index contributed by atoms with van der Waals surface area (Å²) in [5.74, 6) is -0.260. The van der Waals surface area contributed by atoms with Crippen molar-refractivity contribution in [3.63, 3.8) is 0 Å². The molecule has 6 heteroatoms. The van der Waals surface area contributed by atoms with E-state index in [2.05, 4.69) is 4.98 Å². The number of hydrogen-bond acceptors (Lipinski definition) is 3. The topological polar surface area (TPSA) is 64.1 Å². The van der Waals surface area contributed by atoms with Gasteiger partial charge in [-0.15, -0.1) is 0 Å². The van der Waals surface area contributed by atoms with Crippen LogP contribution < -0.4 is 11.2 Å². The third-order valence-electron chi connectivity index (χ3n) is 3.20. The number of alkyl halides is 1. The fraction of sp³-hybridized carbons (Fsp3) is 0.636. The monoisotopic (exact) mass is 242 g/mol. The smallest absolute Gasteiger partial charge is 0.330 e. The summed E-state index contributed by atoms with van der Waals surface area (Å²) in [7, 11) is 0. The number of rotatable bonds is 2. The van der Waals surface area contributed by atoms with Crippen molar-refractivity contribution in [2.24, 2.45) is 5.92 Å². The van der Waals surface area contributed by atoms with Crippen LogP contribution in [0, 0.1) is 5.92 Å². The van der Waals surface area contributed by atoms with E-state index < -0.39 is 23.6 Å². The number of aromatic amines is 1. The van der Waals surface area contributed by atoms with Crippen molar-refractivity contribution in [1.82, 2.24) is 9.55 Å². The van der Waals surface area contributed by atoms with Crippen LogP contribution in [-0.4, -0.2) is 21.8 Å². The molecule has 0 saturated carbocycles. The first-order chi connectivity index (χ1) is 8.04. The van der Waals surface area contributed by atoms with Crippen molar-refractivity contribution in [2.45, 2.75) is 38.8 Å². The number of aromatic nitrogens is 2. The average Bonchev–Trinajstić information content (AvgIpc) is 2.57. The SMILES string of the molecule is CC[C@H]1O[C@@H](n2ccc(=O)[nH]c2=O)[C@H](F)[C@H]1C. The van der Waals surface area contributed by atoms with Crippen LogP contribution >= 0.6 is 0 Å². The Kier molecular flexibility index (Phi) is 3.15. The Balaban J connectivity index is 2.35. The highest BCUT2D eigenvalue weighted by Gasteiger charge is 2.42. The van der Waals surface area contributed by atoms with E-state index in [4.69, 9.17) is 4.74 Å². The van der Waals surface area contributed by atoms with E-state index in [0.29, 0.717) is 6.42 Å². The van der Waals surface area contributed by atoms with Gasteiger partial charge in [-0.2, -0.15) is 0 Å². The summed E-state index contributed by atoms with van der Waals surface area (Å²) in [6.45, 7) is 3.67. The van der Waals surface area contributed by atoms with E-state index in [9.17, 15) is 14.0 Å². The Morgan fingerprint density at radius 1 is 1.53 bits per heavy atom. The molecule has 1 saturated heterocycles. The van der Waals surface area contributed by atoms with Crippen LogP contribution in [0.25, 0.3) is 0 Å². The van der Waals surface area contributed by atoms with E-state index >= 15 is 0 Å². The zero-order valence-corrected chi connectivity index (χ0v) is 9.72. The summed E-state index contributed by atoms with van der Waals surface area (Å²) in [5, 5.41) is 0. The molecule has 0 aromatic carbocycles. The molecule has 1 N–H and O–H groups in total. The molecule has 0 amide bonds. The molecule has 2 rings (SSSR count).